The zero-order valence-corrected chi connectivity index (χ0v) is 16.0. The Balaban J connectivity index is 1.45. The van der Waals surface area contributed by atoms with Gasteiger partial charge in [-0.1, -0.05) is 0 Å². The van der Waals surface area contributed by atoms with Gasteiger partial charge in [0.1, 0.15) is 11.5 Å². The van der Waals surface area contributed by atoms with Gasteiger partial charge in [0.2, 0.25) is 5.95 Å². The highest BCUT2D eigenvalue weighted by molar-refractivity contribution is 5.92. The predicted octanol–water partition coefficient (Wildman–Crippen LogP) is 1.72. The molecule has 8 heteroatoms. The molecule has 0 atom stereocenters. The van der Waals surface area contributed by atoms with Gasteiger partial charge in [0, 0.05) is 50.6 Å². The lowest BCUT2D eigenvalue weighted by Crippen LogP contribution is -2.47. The van der Waals surface area contributed by atoms with Crippen molar-refractivity contribution in [3.05, 3.63) is 47.5 Å². The third-order valence-corrected chi connectivity index (χ3v) is 5.11. The fourth-order valence-corrected chi connectivity index (χ4v) is 3.55. The van der Waals surface area contributed by atoms with Crippen LogP contribution in [0.1, 0.15) is 16.2 Å². The second-order valence-corrected chi connectivity index (χ2v) is 7.05. The van der Waals surface area contributed by atoms with Gasteiger partial charge in [-0.2, -0.15) is 0 Å². The summed E-state index contributed by atoms with van der Waals surface area (Å²) in [6, 6.07) is 8.31. The number of amides is 1. The monoisotopic (exact) mass is 385 g/mol. The molecule has 0 aliphatic carbocycles. The molecule has 2 aliphatic rings. The van der Waals surface area contributed by atoms with Gasteiger partial charge in [-0.05, 0) is 37.3 Å². The van der Waals surface area contributed by atoms with Crippen molar-refractivity contribution >= 4 is 17.5 Å². The number of benzene rings is 1. The normalized spacial score (nSPS) is 17.7. The van der Waals surface area contributed by atoms with E-state index in [1.54, 1.807) is 23.1 Å². The van der Waals surface area contributed by atoms with Crippen molar-refractivity contribution in [2.75, 3.05) is 62.3 Å². The summed E-state index contributed by atoms with van der Waals surface area (Å²) in [7, 11) is 0. The summed E-state index contributed by atoms with van der Waals surface area (Å²) in [4.78, 5) is 28.0. The molecular weight excluding hydrogens is 361 g/mol. The zero-order chi connectivity index (χ0) is 19.5. The van der Waals surface area contributed by atoms with Crippen LogP contribution in [0.4, 0.5) is 16.0 Å². The lowest BCUT2D eigenvalue weighted by Gasteiger charge is -2.36. The second-order valence-electron chi connectivity index (χ2n) is 7.05. The number of ether oxygens (including phenoxy) is 1. The number of nitrogens with zero attached hydrogens (tertiary/aromatic N) is 5. The van der Waals surface area contributed by atoms with Crippen LogP contribution in [0, 0.1) is 12.7 Å². The fourth-order valence-electron chi connectivity index (χ4n) is 3.55. The quantitative estimate of drug-likeness (QED) is 0.802. The first-order valence-corrected chi connectivity index (χ1v) is 9.58. The molecule has 0 bridgehead atoms. The molecule has 2 aromatic rings. The van der Waals surface area contributed by atoms with Gasteiger partial charge < -0.3 is 19.4 Å². The fraction of sp³-hybridized carbons (Fsp3) is 0.450. The highest BCUT2D eigenvalue weighted by Crippen LogP contribution is 2.20. The van der Waals surface area contributed by atoms with E-state index in [0.717, 1.165) is 37.6 Å². The van der Waals surface area contributed by atoms with Crippen molar-refractivity contribution in [3.63, 3.8) is 0 Å². The Morgan fingerprint density at radius 1 is 0.964 bits per heavy atom. The van der Waals surface area contributed by atoms with Crippen molar-refractivity contribution in [1.82, 2.24) is 14.9 Å². The van der Waals surface area contributed by atoms with Gasteiger partial charge in [-0.15, -0.1) is 0 Å². The van der Waals surface area contributed by atoms with Crippen molar-refractivity contribution in [3.8, 4) is 0 Å². The second kappa shape index (κ2) is 8.10. The minimum atomic E-state index is -0.229. The van der Waals surface area contributed by atoms with Crippen LogP contribution < -0.4 is 9.80 Å². The number of carbonyl (C=O) groups excluding carboxylic acids is 1. The van der Waals surface area contributed by atoms with Gasteiger partial charge in [0.25, 0.3) is 5.91 Å². The molecular formula is C20H24FN5O2. The van der Waals surface area contributed by atoms with Gasteiger partial charge in [-0.3, -0.25) is 4.79 Å². The molecule has 7 nitrogen and oxygen atoms in total. The van der Waals surface area contributed by atoms with E-state index in [1.165, 1.54) is 12.1 Å². The SMILES string of the molecule is Cc1cc(C(=O)N2CCOCC2)nc(N2CCN(c3ccc(F)cc3)CC2)n1. The van der Waals surface area contributed by atoms with Crippen LogP contribution in [0.5, 0.6) is 0 Å². The average molecular weight is 385 g/mol. The minimum Gasteiger partial charge on any atom is -0.378 e. The summed E-state index contributed by atoms with van der Waals surface area (Å²) in [5, 5.41) is 0. The molecule has 1 amide bonds. The number of aromatic nitrogens is 2. The first-order chi connectivity index (χ1) is 13.6. The Hall–Kier alpha value is -2.74. The zero-order valence-electron chi connectivity index (χ0n) is 16.0. The summed E-state index contributed by atoms with van der Waals surface area (Å²) in [6.45, 7) is 7.25. The van der Waals surface area contributed by atoms with E-state index in [0.29, 0.717) is 37.9 Å². The summed E-state index contributed by atoms with van der Waals surface area (Å²) in [5.74, 6) is 0.295. The van der Waals surface area contributed by atoms with Crippen molar-refractivity contribution in [2.45, 2.75) is 6.92 Å². The first kappa shape index (κ1) is 18.6. The Kier molecular flexibility index (Phi) is 5.38. The Labute approximate surface area is 163 Å². The molecule has 3 heterocycles. The summed E-state index contributed by atoms with van der Waals surface area (Å²) < 4.78 is 18.5. The van der Waals surface area contributed by atoms with Crippen LogP contribution >= 0.6 is 0 Å². The average Bonchev–Trinajstić information content (AvgIpc) is 2.74. The molecule has 4 rings (SSSR count). The molecule has 28 heavy (non-hydrogen) atoms. The van der Waals surface area contributed by atoms with Crippen LogP contribution in [-0.2, 0) is 4.74 Å². The van der Waals surface area contributed by atoms with Gasteiger partial charge in [0.05, 0.1) is 13.2 Å². The number of hydrogen-bond donors (Lipinski definition) is 0. The maximum absolute atomic E-state index is 13.1. The summed E-state index contributed by atoms with van der Waals surface area (Å²) in [5.41, 5.74) is 2.22. The minimum absolute atomic E-state index is 0.0694. The number of piperazine rings is 1. The number of anilines is 2. The van der Waals surface area contributed by atoms with Crippen molar-refractivity contribution < 1.29 is 13.9 Å². The molecule has 0 saturated carbocycles. The van der Waals surface area contributed by atoms with E-state index < -0.39 is 0 Å². The maximum atomic E-state index is 13.1. The number of halogens is 1. The van der Waals surface area contributed by atoms with Crippen molar-refractivity contribution in [2.24, 2.45) is 0 Å². The topological polar surface area (TPSA) is 61.8 Å². The molecule has 0 unspecified atom stereocenters. The molecule has 0 spiro atoms. The maximum Gasteiger partial charge on any atom is 0.272 e. The van der Waals surface area contributed by atoms with Gasteiger partial charge >= 0.3 is 0 Å². The third-order valence-electron chi connectivity index (χ3n) is 5.11. The van der Waals surface area contributed by atoms with E-state index in [1.807, 2.05) is 6.92 Å². The van der Waals surface area contributed by atoms with E-state index in [9.17, 15) is 9.18 Å². The molecule has 2 fully saturated rings. The molecule has 0 N–H and O–H groups in total. The molecule has 2 aliphatic heterocycles. The number of aryl methyl sites for hydroxylation is 1. The van der Waals surface area contributed by atoms with E-state index >= 15 is 0 Å². The predicted molar refractivity (Wildman–Crippen MR) is 104 cm³/mol. The first-order valence-electron chi connectivity index (χ1n) is 9.58. The van der Waals surface area contributed by atoms with Gasteiger partial charge in [-0.25, -0.2) is 14.4 Å². The van der Waals surface area contributed by atoms with Crippen LogP contribution in [0.15, 0.2) is 30.3 Å². The van der Waals surface area contributed by atoms with Crippen LogP contribution in [-0.4, -0.2) is 73.3 Å². The Morgan fingerprint density at radius 3 is 2.29 bits per heavy atom. The summed E-state index contributed by atoms with van der Waals surface area (Å²) >= 11 is 0. The van der Waals surface area contributed by atoms with E-state index in [4.69, 9.17) is 4.74 Å². The molecule has 148 valence electrons. The van der Waals surface area contributed by atoms with Crippen LogP contribution in [0.25, 0.3) is 0 Å². The third kappa shape index (κ3) is 4.06. The van der Waals surface area contributed by atoms with Crippen LogP contribution in [0.2, 0.25) is 0 Å². The molecule has 1 aromatic heterocycles. The van der Waals surface area contributed by atoms with E-state index in [-0.39, 0.29) is 11.7 Å². The Bertz CT molecular complexity index is 831. The lowest BCUT2D eigenvalue weighted by atomic mass is 10.2. The van der Waals surface area contributed by atoms with Gasteiger partial charge in [0.15, 0.2) is 0 Å². The van der Waals surface area contributed by atoms with E-state index in [2.05, 4.69) is 19.8 Å². The largest absolute Gasteiger partial charge is 0.378 e. The number of hydrogen-bond acceptors (Lipinski definition) is 6. The molecule has 2 saturated heterocycles. The van der Waals surface area contributed by atoms with Crippen LogP contribution in [0.3, 0.4) is 0 Å². The number of rotatable bonds is 3. The highest BCUT2D eigenvalue weighted by Gasteiger charge is 2.24. The van der Waals surface area contributed by atoms with Crippen molar-refractivity contribution in [1.29, 1.82) is 0 Å². The molecule has 1 aromatic carbocycles. The molecule has 0 radical (unpaired) electrons. The standard InChI is InChI=1S/C20H24FN5O2/c1-15-14-18(19(27)25-10-12-28-13-11-25)23-20(22-15)26-8-6-24(7-9-26)17-4-2-16(21)3-5-17/h2-5,14H,6-13H2,1H3. The smallest absolute Gasteiger partial charge is 0.272 e. The highest BCUT2D eigenvalue weighted by atomic mass is 19.1. The number of carbonyl (C=O) groups is 1. The lowest BCUT2D eigenvalue weighted by molar-refractivity contribution is 0.0299. The Morgan fingerprint density at radius 2 is 1.61 bits per heavy atom. The summed E-state index contributed by atoms with van der Waals surface area (Å²) in [6.07, 6.45) is 0. The number of morpholine rings is 1.